The van der Waals surface area contributed by atoms with Crippen molar-refractivity contribution < 1.29 is 9.90 Å². The summed E-state index contributed by atoms with van der Waals surface area (Å²) in [6.45, 7) is 2.19. The van der Waals surface area contributed by atoms with Gasteiger partial charge in [0, 0.05) is 29.5 Å². The van der Waals surface area contributed by atoms with E-state index in [0.717, 1.165) is 36.6 Å². The molecule has 1 amide bonds. The first-order valence-corrected chi connectivity index (χ1v) is 7.68. The van der Waals surface area contributed by atoms with Gasteiger partial charge in [-0.3, -0.25) is 4.79 Å². The lowest BCUT2D eigenvalue weighted by molar-refractivity contribution is 0.0868. The average molecular weight is 286 g/mol. The van der Waals surface area contributed by atoms with Crippen LogP contribution < -0.4 is 5.32 Å². The predicted molar refractivity (Wildman–Crippen MR) is 83.3 cm³/mol. The molecular formula is C17H22N2O2. The van der Waals surface area contributed by atoms with Crippen molar-refractivity contribution in [1.82, 2.24) is 10.3 Å². The number of hydrogen-bond acceptors (Lipinski definition) is 2. The summed E-state index contributed by atoms with van der Waals surface area (Å²) in [6, 6.07) is 8.09. The van der Waals surface area contributed by atoms with E-state index in [-0.39, 0.29) is 24.5 Å². The van der Waals surface area contributed by atoms with Crippen molar-refractivity contribution >= 4 is 16.8 Å². The van der Waals surface area contributed by atoms with Gasteiger partial charge in [0.15, 0.2) is 0 Å². The Balaban J connectivity index is 1.77. The van der Waals surface area contributed by atoms with Gasteiger partial charge in [0.1, 0.15) is 5.69 Å². The van der Waals surface area contributed by atoms with E-state index in [1.165, 1.54) is 5.56 Å². The van der Waals surface area contributed by atoms with Crippen LogP contribution in [-0.2, 0) is 0 Å². The molecule has 1 aliphatic carbocycles. The summed E-state index contributed by atoms with van der Waals surface area (Å²) in [5.41, 5.74) is 2.75. The van der Waals surface area contributed by atoms with Crippen molar-refractivity contribution in [3.05, 3.63) is 35.5 Å². The topological polar surface area (TPSA) is 65.1 Å². The zero-order valence-electron chi connectivity index (χ0n) is 12.4. The fraction of sp³-hybridized carbons (Fsp3) is 0.471. The van der Waals surface area contributed by atoms with Crippen LogP contribution in [0.1, 0.15) is 41.7 Å². The van der Waals surface area contributed by atoms with Crippen LogP contribution >= 0.6 is 0 Å². The number of aliphatic hydroxyl groups is 1. The van der Waals surface area contributed by atoms with E-state index in [4.69, 9.17) is 0 Å². The highest BCUT2D eigenvalue weighted by molar-refractivity contribution is 5.98. The predicted octanol–water partition coefficient (Wildman–Crippen LogP) is 2.76. The van der Waals surface area contributed by atoms with E-state index in [2.05, 4.69) is 10.3 Å². The Morgan fingerprint density at radius 3 is 2.95 bits per heavy atom. The number of rotatable bonds is 3. The van der Waals surface area contributed by atoms with E-state index < -0.39 is 0 Å². The highest BCUT2D eigenvalue weighted by atomic mass is 16.3. The molecule has 0 saturated heterocycles. The SMILES string of the molecule is Cc1ccc2cc(C(=O)NC3CCCCC3CO)[nH]c2c1. The van der Waals surface area contributed by atoms with Gasteiger partial charge in [-0.25, -0.2) is 0 Å². The van der Waals surface area contributed by atoms with Gasteiger partial charge in [0.2, 0.25) is 0 Å². The summed E-state index contributed by atoms with van der Waals surface area (Å²) >= 11 is 0. The van der Waals surface area contributed by atoms with Gasteiger partial charge in [-0.15, -0.1) is 0 Å². The van der Waals surface area contributed by atoms with Crippen LogP contribution in [0, 0.1) is 12.8 Å². The van der Waals surface area contributed by atoms with E-state index in [9.17, 15) is 9.90 Å². The molecule has 0 radical (unpaired) electrons. The van der Waals surface area contributed by atoms with Crippen LogP contribution in [0.25, 0.3) is 10.9 Å². The monoisotopic (exact) mass is 286 g/mol. The smallest absolute Gasteiger partial charge is 0.267 e. The molecule has 3 rings (SSSR count). The van der Waals surface area contributed by atoms with Gasteiger partial charge in [0.05, 0.1) is 0 Å². The molecule has 112 valence electrons. The number of hydrogen-bond donors (Lipinski definition) is 3. The lowest BCUT2D eigenvalue weighted by atomic mass is 9.85. The van der Waals surface area contributed by atoms with Crippen LogP contribution in [0.3, 0.4) is 0 Å². The number of carbonyl (C=O) groups excluding carboxylic acids is 1. The van der Waals surface area contributed by atoms with Gasteiger partial charge in [-0.2, -0.15) is 0 Å². The molecule has 2 aromatic rings. The Kier molecular flexibility index (Phi) is 3.97. The number of carbonyl (C=O) groups is 1. The Labute approximate surface area is 124 Å². The molecule has 1 aliphatic rings. The molecule has 21 heavy (non-hydrogen) atoms. The Morgan fingerprint density at radius 2 is 2.14 bits per heavy atom. The average Bonchev–Trinajstić information content (AvgIpc) is 2.91. The van der Waals surface area contributed by atoms with Gasteiger partial charge < -0.3 is 15.4 Å². The summed E-state index contributed by atoms with van der Waals surface area (Å²) in [7, 11) is 0. The summed E-state index contributed by atoms with van der Waals surface area (Å²) < 4.78 is 0. The van der Waals surface area contributed by atoms with E-state index in [0.29, 0.717) is 5.69 Å². The van der Waals surface area contributed by atoms with Crippen LogP contribution in [0.2, 0.25) is 0 Å². The lowest BCUT2D eigenvalue weighted by Gasteiger charge is -2.30. The van der Waals surface area contributed by atoms with Gasteiger partial charge in [-0.05, 0) is 37.5 Å². The maximum atomic E-state index is 12.4. The molecule has 2 atom stereocenters. The quantitative estimate of drug-likeness (QED) is 0.812. The van der Waals surface area contributed by atoms with E-state index >= 15 is 0 Å². The Hall–Kier alpha value is -1.81. The van der Waals surface area contributed by atoms with Crippen molar-refractivity contribution in [2.45, 2.75) is 38.6 Å². The molecular weight excluding hydrogens is 264 g/mol. The van der Waals surface area contributed by atoms with Crippen molar-refractivity contribution in [3.8, 4) is 0 Å². The summed E-state index contributed by atoms with van der Waals surface area (Å²) in [5.74, 6) is 0.114. The number of benzene rings is 1. The highest BCUT2D eigenvalue weighted by Crippen LogP contribution is 2.24. The molecule has 3 N–H and O–H groups in total. The van der Waals surface area contributed by atoms with Crippen molar-refractivity contribution in [2.24, 2.45) is 5.92 Å². The highest BCUT2D eigenvalue weighted by Gasteiger charge is 2.26. The number of fused-ring (bicyclic) bond motifs is 1. The number of aromatic amines is 1. The first-order chi connectivity index (χ1) is 10.2. The first-order valence-electron chi connectivity index (χ1n) is 7.68. The summed E-state index contributed by atoms with van der Waals surface area (Å²) in [6.07, 6.45) is 4.21. The van der Waals surface area contributed by atoms with Crippen molar-refractivity contribution in [2.75, 3.05) is 6.61 Å². The molecule has 1 heterocycles. The second-order valence-electron chi connectivity index (χ2n) is 6.08. The normalized spacial score (nSPS) is 22.4. The fourth-order valence-corrected chi connectivity index (χ4v) is 3.23. The first kappa shape index (κ1) is 14.1. The van der Waals surface area contributed by atoms with Crippen LogP contribution in [-0.4, -0.2) is 28.6 Å². The molecule has 1 aromatic heterocycles. The second-order valence-corrected chi connectivity index (χ2v) is 6.08. The van der Waals surface area contributed by atoms with Crippen molar-refractivity contribution in [3.63, 3.8) is 0 Å². The molecule has 1 saturated carbocycles. The largest absolute Gasteiger partial charge is 0.396 e. The molecule has 0 bridgehead atoms. The molecule has 4 heteroatoms. The summed E-state index contributed by atoms with van der Waals surface area (Å²) in [4.78, 5) is 15.6. The number of H-pyrrole nitrogens is 1. The molecule has 0 aliphatic heterocycles. The van der Waals surface area contributed by atoms with Gasteiger partial charge in [-0.1, -0.05) is 25.0 Å². The molecule has 2 unspecified atom stereocenters. The zero-order chi connectivity index (χ0) is 14.8. The number of nitrogens with one attached hydrogen (secondary N) is 2. The minimum Gasteiger partial charge on any atom is -0.396 e. The number of aliphatic hydroxyl groups excluding tert-OH is 1. The Morgan fingerprint density at radius 1 is 1.33 bits per heavy atom. The minimum atomic E-state index is -0.0748. The lowest BCUT2D eigenvalue weighted by Crippen LogP contribution is -2.43. The Bertz CT molecular complexity index is 647. The van der Waals surface area contributed by atoms with E-state index in [1.54, 1.807) is 0 Å². The molecule has 1 aromatic carbocycles. The second kappa shape index (κ2) is 5.90. The maximum Gasteiger partial charge on any atom is 0.267 e. The van der Waals surface area contributed by atoms with Crippen molar-refractivity contribution in [1.29, 1.82) is 0 Å². The standard InChI is InChI=1S/C17H22N2O2/c1-11-6-7-12-9-16(18-15(12)8-11)17(21)19-14-5-3-2-4-13(14)10-20/h6-9,13-14,18,20H,2-5,10H2,1H3,(H,19,21). The third-order valence-electron chi connectivity index (χ3n) is 4.48. The minimum absolute atomic E-state index is 0.0748. The van der Waals surface area contributed by atoms with E-state index in [1.807, 2.05) is 31.2 Å². The van der Waals surface area contributed by atoms with Crippen LogP contribution in [0.4, 0.5) is 0 Å². The third kappa shape index (κ3) is 2.95. The van der Waals surface area contributed by atoms with Crippen LogP contribution in [0.5, 0.6) is 0 Å². The van der Waals surface area contributed by atoms with Gasteiger partial charge >= 0.3 is 0 Å². The fourth-order valence-electron chi connectivity index (χ4n) is 3.23. The third-order valence-corrected chi connectivity index (χ3v) is 4.48. The molecule has 4 nitrogen and oxygen atoms in total. The van der Waals surface area contributed by atoms with Crippen LogP contribution in [0.15, 0.2) is 24.3 Å². The molecule has 1 fully saturated rings. The van der Waals surface area contributed by atoms with Gasteiger partial charge in [0.25, 0.3) is 5.91 Å². The zero-order valence-corrected chi connectivity index (χ0v) is 12.4. The number of amides is 1. The number of aryl methyl sites for hydroxylation is 1. The summed E-state index contributed by atoms with van der Waals surface area (Å²) in [5, 5.41) is 13.6. The number of aromatic nitrogens is 1. The maximum absolute atomic E-state index is 12.4. The molecule has 0 spiro atoms.